The Morgan fingerprint density at radius 2 is 1.85 bits per heavy atom. The molecule has 0 atom stereocenters. The number of piperazine rings is 1. The van der Waals surface area contributed by atoms with Gasteiger partial charge in [0.25, 0.3) is 0 Å². The summed E-state index contributed by atoms with van der Waals surface area (Å²) >= 11 is 1.53. The first-order valence-corrected chi connectivity index (χ1v) is 9.81. The van der Waals surface area contributed by atoms with Gasteiger partial charge in [0.05, 0.1) is 11.3 Å². The quantitative estimate of drug-likeness (QED) is 0.666. The highest BCUT2D eigenvalue weighted by molar-refractivity contribution is 8.00. The Morgan fingerprint density at radius 3 is 2.62 bits per heavy atom. The van der Waals surface area contributed by atoms with Gasteiger partial charge in [0.15, 0.2) is 0 Å². The van der Waals surface area contributed by atoms with Crippen LogP contribution >= 0.6 is 11.8 Å². The summed E-state index contributed by atoms with van der Waals surface area (Å²) in [5.74, 6) is 0.629. The molecule has 1 saturated heterocycles. The number of rotatable bonds is 4. The predicted octanol–water partition coefficient (Wildman–Crippen LogP) is 3.01. The first-order chi connectivity index (χ1) is 12.7. The fourth-order valence-corrected chi connectivity index (χ4v) is 4.27. The Morgan fingerprint density at radius 1 is 1.08 bits per heavy atom. The van der Waals surface area contributed by atoms with Gasteiger partial charge in [-0.1, -0.05) is 30.0 Å². The van der Waals surface area contributed by atoms with Gasteiger partial charge in [-0.3, -0.25) is 4.79 Å². The summed E-state index contributed by atoms with van der Waals surface area (Å²) in [6.45, 7) is 3.31. The number of para-hydroxylation sites is 1. The van der Waals surface area contributed by atoms with Crippen LogP contribution in [0.15, 0.2) is 59.9 Å². The number of pyridine rings is 1. The van der Waals surface area contributed by atoms with Crippen LogP contribution in [0.2, 0.25) is 0 Å². The summed E-state index contributed by atoms with van der Waals surface area (Å²) in [5, 5.41) is 2.04. The molecule has 1 aromatic carbocycles. The number of aromatic nitrogens is 2. The number of hydrogen-bond acceptors (Lipinski definition) is 4. The molecule has 26 heavy (non-hydrogen) atoms. The van der Waals surface area contributed by atoms with Gasteiger partial charge < -0.3 is 14.4 Å². The van der Waals surface area contributed by atoms with Crippen LogP contribution in [0.4, 0.5) is 5.69 Å². The van der Waals surface area contributed by atoms with Crippen molar-refractivity contribution in [1.82, 2.24) is 14.5 Å². The minimum Gasteiger partial charge on any atom is -0.368 e. The molecule has 0 spiro atoms. The number of anilines is 1. The Labute approximate surface area is 157 Å². The summed E-state index contributed by atoms with van der Waals surface area (Å²) in [5.41, 5.74) is 2.38. The first-order valence-electron chi connectivity index (χ1n) is 8.83. The summed E-state index contributed by atoms with van der Waals surface area (Å²) in [6, 6.07) is 14.5. The molecule has 6 heteroatoms. The second-order valence-corrected chi connectivity index (χ2v) is 7.43. The van der Waals surface area contributed by atoms with Crippen LogP contribution in [0.3, 0.4) is 0 Å². The number of thioether (sulfide) groups is 1. The van der Waals surface area contributed by atoms with Gasteiger partial charge in [0, 0.05) is 56.7 Å². The van der Waals surface area contributed by atoms with E-state index in [0.29, 0.717) is 5.75 Å². The van der Waals surface area contributed by atoms with Crippen LogP contribution in [0.5, 0.6) is 0 Å². The number of aryl methyl sites for hydroxylation is 1. The lowest BCUT2D eigenvalue weighted by atomic mass is 10.2. The lowest BCUT2D eigenvalue weighted by molar-refractivity contribution is -0.128. The van der Waals surface area contributed by atoms with Crippen LogP contribution in [0.25, 0.3) is 10.9 Å². The maximum atomic E-state index is 12.6. The Balaban J connectivity index is 1.34. The van der Waals surface area contributed by atoms with Gasteiger partial charge in [0.1, 0.15) is 5.03 Å². The van der Waals surface area contributed by atoms with Crippen molar-refractivity contribution in [3.05, 3.63) is 54.9 Å². The van der Waals surface area contributed by atoms with E-state index in [4.69, 9.17) is 0 Å². The molecule has 1 aliphatic heterocycles. The molecule has 1 aliphatic rings. The lowest BCUT2D eigenvalue weighted by Gasteiger charge is -2.36. The molecular formula is C20H22N4OS. The highest BCUT2D eigenvalue weighted by Gasteiger charge is 2.21. The largest absolute Gasteiger partial charge is 0.368 e. The maximum absolute atomic E-state index is 12.6. The molecule has 0 radical (unpaired) electrons. The van der Waals surface area contributed by atoms with Crippen molar-refractivity contribution in [3.63, 3.8) is 0 Å². The van der Waals surface area contributed by atoms with Crippen molar-refractivity contribution in [2.75, 3.05) is 36.8 Å². The normalized spacial score (nSPS) is 14.8. The molecule has 134 valence electrons. The van der Waals surface area contributed by atoms with Crippen LogP contribution in [-0.4, -0.2) is 52.3 Å². The summed E-state index contributed by atoms with van der Waals surface area (Å²) in [7, 11) is 2.02. The van der Waals surface area contributed by atoms with Gasteiger partial charge in [-0.05, 0) is 24.3 Å². The second-order valence-electron chi connectivity index (χ2n) is 6.47. The van der Waals surface area contributed by atoms with Crippen LogP contribution in [-0.2, 0) is 11.8 Å². The zero-order chi connectivity index (χ0) is 17.9. The molecule has 0 N–H and O–H groups in total. The van der Waals surface area contributed by atoms with Crippen LogP contribution < -0.4 is 4.90 Å². The van der Waals surface area contributed by atoms with Crippen molar-refractivity contribution < 1.29 is 4.79 Å². The van der Waals surface area contributed by atoms with Crippen molar-refractivity contribution in [2.45, 2.75) is 5.03 Å². The van der Waals surface area contributed by atoms with Crippen molar-refractivity contribution in [1.29, 1.82) is 0 Å². The van der Waals surface area contributed by atoms with E-state index < -0.39 is 0 Å². The zero-order valence-corrected chi connectivity index (χ0v) is 15.7. The minimum absolute atomic E-state index is 0.192. The average molecular weight is 366 g/mol. The number of nitrogens with zero attached hydrogens (tertiary/aromatic N) is 4. The molecule has 3 heterocycles. The van der Waals surface area contributed by atoms with Crippen LogP contribution in [0.1, 0.15) is 0 Å². The van der Waals surface area contributed by atoms with Gasteiger partial charge in [-0.25, -0.2) is 4.98 Å². The van der Waals surface area contributed by atoms with E-state index in [0.717, 1.165) is 42.1 Å². The van der Waals surface area contributed by atoms with E-state index in [1.54, 1.807) is 0 Å². The number of fused-ring (bicyclic) bond motifs is 1. The third-order valence-electron chi connectivity index (χ3n) is 4.86. The van der Waals surface area contributed by atoms with Crippen molar-refractivity contribution in [2.24, 2.45) is 7.05 Å². The lowest BCUT2D eigenvalue weighted by Crippen LogP contribution is -2.49. The van der Waals surface area contributed by atoms with E-state index in [2.05, 4.69) is 44.8 Å². The Bertz CT molecular complexity index is 901. The third kappa shape index (κ3) is 3.42. The molecule has 1 amide bonds. The Hall–Kier alpha value is -2.47. The summed E-state index contributed by atoms with van der Waals surface area (Å²) < 4.78 is 2.08. The molecule has 0 bridgehead atoms. The monoisotopic (exact) mass is 366 g/mol. The van der Waals surface area contributed by atoms with Gasteiger partial charge in [0.2, 0.25) is 5.91 Å². The summed E-state index contributed by atoms with van der Waals surface area (Å²) in [6.07, 6.45) is 3.84. The number of carbonyl (C=O) groups is 1. The number of benzene rings is 1. The van der Waals surface area contributed by atoms with Crippen molar-refractivity contribution in [3.8, 4) is 0 Å². The third-order valence-corrected chi connectivity index (χ3v) is 5.85. The van der Waals surface area contributed by atoms with E-state index in [9.17, 15) is 4.79 Å². The number of hydrogen-bond donors (Lipinski definition) is 0. The molecule has 0 unspecified atom stereocenters. The highest BCUT2D eigenvalue weighted by atomic mass is 32.2. The van der Waals surface area contributed by atoms with Crippen LogP contribution in [0, 0.1) is 0 Å². The minimum atomic E-state index is 0.192. The average Bonchev–Trinajstić information content (AvgIpc) is 3.08. The number of carbonyl (C=O) groups excluding carboxylic acids is 1. The van der Waals surface area contributed by atoms with E-state index in [-0.39, 0.29) is 5.91 Å². The van der Waals surface area contributed by atoms with Gasteiger partial charge >= 0.3 is 0 Å². The van der Waals surface area contributed by atoms with Gasteiger partial charge in [-0.15, -0.1) is 0 Å². The summed E-state index contributed by atoms with van der Waals surface area (Å²) in [4.78, 5) is 21.4. The number of amides is 1. The van der Waals surface area contributed by atoms with E-state index in [1.165, 1.54) is 17.4 Å². The Kier molecular flexibility index (Phi) is 4.84. The predicted molar refractivity (Wildman–Crippen MR) is 107 cm³/mol. The fourth-order valence-electron chi connectivity index (χ4n) is 3.36. The van der Waals surface area contributed by atoms with E-state index >= 15 is 0 Å². The molecule has 0 aliphatic carbocycles. The smallest absolute Gasteiger partial charge is 0.233 e. The van der Waals surface area contributed by atoms with Gasteiger partial charge in [-0.2, -0.15) is 0 Å². The molecule has 4 rings (SSSR count). The molecule has 0 saturated carbocycles. The standard InChI is InChI=1S/C20H22N4OS/c1-22-10-8-17-18(22)7-9-21-20(17)26-15-19(25)24-13-11-23(12-14-24)16-5-3-2-4-6-16/h2-10H,11-15H2,1H3. The molecule has 5 nitrogen and oxygen atoms in total. The topological polar surface area (TPSA) is 41.4 Å². The second kappa shape index (κ2) is 7.41. The SMILES string of the molecule is Cn1ccc2c(SCC(=O)N3CCN(c4ccccc4)CC3)nccc21. The molecule has 2 aromatic heterocycles. The molecular weight excluding hydrogens is 344 g/mol. The van der Waals surface area contributed by atoms with E-state index in [1.807, 2.05) is 36.5 Å². The zero-order valence-electron chi connectivity index (χ0n) is 14.8. The van der Waals surface area contributed by atoms with Crippen molar-refractivity contribution >= 4 is 34.3 Å². The fraction of sp³-hybridized carbons (Fsp3) is 0.300. The molecule has 3 aromatic rings. The maximum Gasteiger partial charge on any atom is 0.233 e. The first kappa shape index (κ1) is 17.0. The molecule has 1 fully saturated rings. The highest BCUT2D eigenvalue weighted by Crippen LogP contribution is 2.26.